The molecule has 2 amide bonds. The maximum atomic E-state index is 11.1. The van der Waals surface area contributed by atoms with Crippen molar-refractivity contribution in [2.75, 3.05) is 0 Å². The lowest BCUT2D eigenvalue weighted by atomic mass is 10.1. The smallest absolute Gasteiger partial charge is 0.240 e. The zero-order valence-electron chi connectivity index (χ0n) is 8.24. The molecule has 0 aromatic rings. The van der Waals surface area contributed by atoms with Crippen molar-refractivity contribution >= 4 is 17.6 Å². The van der Waals surface area contributed by atoms with Crippen molar-refractivity contribution in [1.82, 2.24) is 5.32 Å². The molecule has 0 heterocycles. The fourth-order valence-electron chi connectivity index (χ4n) is 0.813. The number of hydrogen-bond donors (Lipinski definition) is 3. The summed E-state index contributed by atoms with van der Waals surface area (Å²) in [7, 11) is 0. The van der Waals surface area contributed by atoms with E-state index in [0.717, 1.165) is 0 Å². The molecule has 6 nitrogen and oxygen atoms in total. The van der Waals surface area contributed by atoms with Crippen LogP contribution in [-0.4, -0.2) is 29.7 Å². The highest BCUT2D eigenvalue weighted by molar-refractivity contribution is 5.92. The van der Waals surface area contributed by atoms with Gasteiger partial charge in [-0.25, -0.2) is 0 Å². The van der Waals surface area contributed by atoms with Crippen LogP contribution in [0.25, 0.3) is 0 Å². The maximum absolute atomic E-state index is 11.1. The number of ketones is 1. The van der Waals surface area contributed by atoms with Gasteiger partial charge in [0, 0.05) is 6.42 Å². The Morgan fingerprint density at radius 1 is 1.36 bits per heavy atom. The topological polar surface area (TPSA) is 115 Å². The predicted octanol–water partition coefficient (Wildman–Crippen LogP) is -1.72. The second kappa shape index (κ2) is 5.33. The van der Waals surface area contributed by atoms with Crippen LogP contribution in [0.5, 0.6) is 0 Å². The minimum absolute atomic E-state index is 0.103. The Labute approximate surface area is 82.0 Å². The number of carbonyl (C=O) groups is 3. The Kier molecular flexibility index (Phi) is 4.79. The lowest BCUT2D eigenvalue weighted by molar-refractivity contribution is -0.129. The number of amides is 2. The third-order valence-electron chi connectivity index (χ3n) is 1.57. The molecule has 0 aliphatic carbocycles. The minimum Gasteiger partial charge on any atom is -0.368 e. The first-order valence-electron chi connectivity index (χ1n) is 4.19. The van der Waals surface area contributed by atoms with Crippen molar-refractivity contribution in [1.29, 1.82) is 0 Å². The normalized spacial score (nSPS) is 14.2. The summed E-state index contributed by atoms with van der Waals surface area (Å²) in [6, 6.07) is -1.70. The van der Waals surface area contributed by atoms with Crippen molar-refractivity contribution in [3.63, 3.8) is 0 Å². The standard InChI is InChI=1S/C8H15N3O3/c1-4(12)3-6(7(10)13)11-8(14)5(2)9/h5-6H,3,9H2,1-2H3,(H2,10,13)(H,11,14). The number of primary amides is 1. The van der Waals surface area contributed by atoms with Gasteiger partial charge in [0.2, 0.25) is 11.8 Å². The third kappa shape index (κ3) is 4.56. The van der Waals surface area contributed by atoms with Gasteiger partial charge in [-0.3, -0.25) is 14.4 Å². The number of nitrogens with one attached hydrogen (secondary N) is 1. The number of rotatable bonds is 5. The Morgan fingerprint density at radius 2 is 1.86 bits per heavy atom. The van der Waals surface area contributed by atoms with Gasteiger partial charge in [-0.15, -0.1) is 0 Å². The van der Waals surface area contributed by atoms with E-state index in [-0.39, 0.29) is 12.2 Å². The van der Waals surface area contributed by atoms with Gasteiger partial charge in [-0.05, 0) is 13.8 Å². The fourth-order valence-corrected chi connectivity index (χ4v) is 0.813. The largest absolute Gasteiger partial charge is 0.368 e. The van der Waals surface area contributed by atoms with E-state index in [1.807, 2.05) is 0 Å². The van der Waals surface area contributed by atoms with Gasteiger partial charge in [-0.1, -0.05) is 0 Å². The average Bonchev–Trinajstić information content (AvgIpc) is 2.01. The SMILES string of the molecule is CC(=O)CC(NC(=O)C(C)N)C(N)=O. The first-order valence-corrected chi connectivity index (χ1v) is 4.19. The van der Waals surface area contributed by atoms with Crippen molar-refractivity contribution in [3.05, 3.63) is 0 Å². The Hall–Kier alpha value is -1.43. The molecule has 6 heteroatoms. The summed E-state index contributed by atoms with van der Waals surface area (Å²) in [4.78, 5) is 32.6. The minimum atomic E-state index is -0.967. The zero-order valence-corrected chi connectivity index (χ0v) is 8.24. The Morgan fingerprint density at radius 3 is 2.14 bits per heavy atom. The lowest BCUT2D eigenvalue weighted by Crippen LogP contribution is -2.50. The summed E-state index contributed by atoms with van der Waals surface area (Å²) in [6.07, 6.45) is -0.103. The molecular formula is C8H15N3O3. The van der Waals surface area contributed by atoms with Crippen molar-refractivity contribution < 1.29 is 14.4 Å². The van der Waals surface area contributed by atoms with Crippen LogP contribution < -0.4 is 16.8 Å². The van der Waals surface area contributed by atoms with Crippen LogP contribution in [0.1, 0.15) is 20.3 Å². The first kappa shape index (κ1) is 12.6. The molecule has 14 heavy (non-hydrogen) atoms. The van der Waals surface area contributed by atoms with Crippen LogP contribution in [0, 0.1) is 0 Å². The monoisotopic (exact) mass is 201 g/mol. The highest BCUT2D eigenvalue weighted by Gasteiger charge is 2.20. The summed E-state index contributed by atoms with van der Waals surface area (Å²) >= 11 is 0. The summed E-state index contributed by atoms with van der Waals surface area (Å²) in [5.74, 6) is -1.47. The Balaban J connectivity index is 4.31. The second-order valence-electron chi connectivity index (χ2n) is 3.16. The molecule has 0 aromatic heterocycles. The van der Waals surface area contributed by atoms with E-state index in [1.54, 1.807) is 0 Å². The van der Waals surface area contributed by atoms with E-state index < -0.39 is 23.9 Å². The molecule has 2 atom stereocenters. The molecule has 2 unspecified atom stereocenters. The van der Waals surface area contributed by atoms with Crippen LogP contribution in [0.4, 0.5) is 0 Å². The van der Waals surface area contributed by atoms with Gasteiger partial charge in [0.1, 0.15) is 11.8 Å². The highest BCUT2D eigenvalue weighted by atomic mass is 16.2. The third-order valence-corrected chi connectivity index (χ3v) is 1.57. The summed E-state index contributed by atoms with van der Waals surface area (Å²) in [5, 5.41) is 2.29. The van der Waals surface area contributed by atoms with E-state index in [9.17, 15) is 14.4 Å². The van der Waals surface area contributed by atoms with Crippen LogP contribution in [-0.2, 0) is 14.4 Å². The molecule has 80 valence electrons. The van der Waals surface area contributed by atoms with Gasteiger partial charge in [0.05, 0.1) is 6.04 Å². The van der Waals surface area contributed by atoms with Crippen LogP contribution in [0.3, 0.4) is 0 Å². The highest BCUT2D eigenvalue weighted by Crippen LogP contribution is 1.93. The molecule has 0 radical (unpaired) electrons. The summed E-state index contributed by atoms with van der Waals surface area (Å²) in [5.41, 5.74) is 10.3. The molecule has 0 bridgehead atoms. The van der Waals surface area contributed by atoms with Gasteiger partial charge < -0.3 is 16.8 Å². The van der Waals surface area contributed by atoms with Gasteiger partial charge >= 0.3 is 0 Å². The Bertz CT molecular complexity index is 250. The molecule has 0 fully saturated rings. The van der Waals surface area contributed by atoms with E-state index in [1.165, 1.54) is 13.8 Å². The second-order valence-corrected chi connectivity index (χ2v) is 3.16. The van der Waals surface area contributed by atoms with E-state index in [2.05, 4.69) is 5.32 Å². The summed E-state index contributed by atoms with van der Waals surface area (Å²) in [6.45, 7) is 2.79. The number of nitrogens with two attached hydrogens (primary N) is 2. The number of hydrogen-bond acceptors (Lipinski definition) is 4. The average molecular weight is 201 g/mol. The van der Waals surface area contributed by atoms with Crippen LogP contribution >= 0.6 is 0 Å². The summed E-state index contributed by atoms with van der Waals surface area (Å²) < 4.78 is 0. The van der Waals surface area contributed by atoms with E-state index in [0.29, 0.717) is 0 Å². The first-order chi connectivity index (χ1) is 6.34. The fraction of sp³-hybridized carbons (Fsp3) is 0.625. The molecule has 0 saturated carbocycles. The molecule has 0 saturated heterocycles. The number of Topliss-reactive ketones (excluding diaryl/α,β-unsaturated/α-hetero) is 1. The lowest BCUT2D eigenvalue weighted by Gasteiger charge is -2.15. The number of carbonyl (C=O) groups excluding carboxylic acids is 3. The van der Waals surface area contributed by atoms with Crippen molar-refractivity contribution in [3.8, 4) is 0 Å². The molecule has 5 N–H and O–H groups in total. The van der Waals surface area contributed by atoms with Gasteiger partial charge in [0.25, 0.3) is 0 Å². The predicted molar refractivity (Wildman–Crippen MR) is 50.1 cm³/mol. The van der Waals surface area contributed by atoms with E-state index in [4.69, 9.17) is 11.5 Å². The van der Waals surface area contributed by atoms with Gasteiger partial charge in [-0.2, -0.15) is 0 Å². The van der Waals surface area contributed by atoms with E-state index >= 15 is 0 Å². The molecule has 0 aliphatic rings. The quantitative estimate of drug-likeness (QED) is 0.490. The maximum Gasteiger partial charge on any atom is 0.240 e. The van der Waals surface area contributed by atoms with Gasteiger partial charge in [0.15, 0.2) is 0 Å². The molecule has 0 rings (SSSR count). The zero-order chi connectivity index (χ0) is 11.3. The molecule has 0 aromatic carbocycles. The van der Waals surface area contributed by atoms with Crippen LogP contribution in [0.15, 0.2) is 0 Å². The molecular weight excluding hydrogens is 186 g/mol. The molecule has 0 aliphatic heterocycles. The van der Waals surface area contributed by atoms with Crippen molar-refractivity contribution in [2.24, 2.45) is 11.5 Å². The van der Waals surface area contributed by atoms with Crippen LogP contribution in [0.2, 0.25) is 0 Å². The van der Waals surface area contributed by atoms with Crippen molar-refractivity contribution in [2.45, 2.75) is 32.4 Å². The molecule has 0 spiro atoms.